The highest BCUT2D eigenvalue weighted by atomic mass is 35.5. The predicted molar refractivity (Wildman–Crippen MR) is 120 cm³/mol. The third-order valence-electron chi connectivity index (χ3n) is 4.26. The van der Waals surface area contributed by atoms with E-state index in [0.29, 0.717) is 38.2 Å². The normalized spacial score (nSPS) is 10.8. The van der Waals surface area contributed by atoms with Gasteiger partial charge in [0.25, 0.3) is 5.91 Å². The summed E-state index contributed by atoms with van der Waals surface area (Å²) in [4.78, 5) is 25.3. The molecule has 32 heavy (non-hydrogen) atoms. The number of benzene rings is 2. The first kappa shape index (κ1) is 21.9. The molecule has 0 aliphatic heterocycles. The number of hydrogen-bond donors (Lipinski definition) is 3. The van der Waals surface area contributed by atoms with Crippen LogP contribution in [0.2, 0.25) is 5.02 Å². The third kappa shape index (κ3) is 5.10. The molecule has 4 rings (SSSR count). The standard InChI is InChI=1S/C21H17ClFN5O3S/c22-15-9-14(4-5-16(15)31-10-12-2-1-3-13(23)8-12)27-18-17-20(26-11-25-18)32-21(28-17)19(30)24-6-7-29/h1-5,8-9,11,29H,6-7,10H2,(H,24,30)(H,25,26,27). The number of amides is 1. The van der Waals surface area contributed by atoms with E-state index < -0.39 is 5.91 Å². The average molecular weight is 474 g/mol. The number of fused-ring (bicyclic) bond motifs is 1. The van der Waals surface area contributed by atoms with E-state index in [4.69, 9.17) is 21.4 Å². The van der Waals surface area contributed by atoms with Crippen molar-refractivity contribution in [2.45, 2.75) is 6.61 Å². The van der Waals surface area contributed by atoms with Gasteiger partial charge in [-0.1, -0.05) is 35.1 Å². The summed E-state index contributed by atoms with van der Waals surface area (Å²) in [5.74, 6) is 0.141. The number of ether oxygens (including phenoxy) is 1. The summed E-state index contributed by atoms with van der Waals surface area (Å²) in [6.45, 7) is 0.153. The van der Waals surface area contributed by atoms with E-state index >= 15 is 0 Å². The molecule has 1 amide bonds. The van der Waals surface area contributed by atoms with Crippen molar-refractivity contribution < 1.29 is 19.0 Å². The number of nitrogens with one attached hydrogen (secondary N) is 2. The molecule has 2 aromatic heterocycles. The van der Waals surface area contributed by atoms with Gasteiger partial charge in [0.05, 0.1) is 11.6 Å². The average Bonchev–Trinajstić information content (AvgIpc) is 3.23. The molecule has 0 aliphatic carbocycles. The van der Waals surface area contributed by atoms with Crippen LogP contribution in [0.25, 0.3) is 10.3 Å². The first-order valence-electron chi connectivity index (χ1n) is 9.48. The van der Waals surface area contributed by atoms with E-state index in [1.807, 2.05) is 0 Å². The summed E-state index contributed by atoms with van der Waals surface area (Å²) >= 11 is 7.47. The minimum atomic E-state index is -0.393. The second kappa shape index (κ2) is 9.86. The van der Waals surface area contributed by atoms with E-state index in [1.165, 1.54) is 18.5 Å². The maximum absolute atomic E-state index is 13.3. The van der Waals surface area contributed by atoms with Crippen LogP contribution in [-0.2, 0) is 6.61 Å². The Labute approximate surface area is 191 Å². The van der Waals surface area contributed by atoms with Gasteiger partial charge in [-0.15, -0.1) is 0 Å². The van der Waals surface area contributed by atoms with E-state index in [1.54, 1.807) is 30.3 Å². The molecule has 0 aliphatic rings. The van der Waals surface area contributed by atoms with Crippen LogP contribution < -0.4 is 15.4 Å². The monoisotopic (exact) mass is 473 g/mol. The number of carbonyl (C=O) groups is 1. The van der Waals surface area contributed by atoms with Gasteiger partial charge < -0.3 is 20.5 Å². The number of rotatable bonds is 8. The summed E-state index contributed by atoms with van der Waals surface area (Å²) in [5.41, 5.74) is 1.76. The van der Waals surface area contributed by atoms with Crippen molar-refractivity contribution in [1.82, 2.24) is 20.3 Å². The lowest BCUT2D eigenvalue weighted by Gasteiger charge is -2.11. The first-order chi connectivity index (χ1) is 15.5. The number of aliphatic hydroxyl groups excluding tert-OH is 1. The molecule has 164 valence electrons. The maximum atomic E-state index is 13.3. The van der Waals surface area contributed by atoms with Gasteiger partial charge in [-0.2, -0.15) is 0 Å². The fourth-order valence-electron chi connectivity index (χ4n) is 2.81. The van der Waals surface area contributed by atoms with E-state index in [0.717, 1.165) is 11.3 Å². The molecule has 11 heteroatoms. The number of carbonyl (C=O) groups excluding carboxylic acids is 1. The van der Waals surface area contributed by atoms with Crippen molar-refractivity contribution in [3.8, 4) is 5.75 Å². The number of halogens is 2. The molecule has 2 heterocycles. The molecule has 0 spiro atoms. The first-order valence-corrected chi connectivity index (χ1v) is 10.7. The highest BCUT2D eigenvalue weighted by Gasteiger charge is 2.16. The minimum absolute atomic E-state index is 0.137. The van der Waals surface area contributed by atoms with Crippen molar-refractivity contribution in [3.63, 3.8) is 0 Å². The Kier molecular flexibility index (Phi) is 6.74. The van der Waals surface area contributed by atoms with Gasteiger partial charge in [-0.25, -0.2) is 19.3 Å². The van der Waals surface area contributed by atoms with Crippen molar-refractivity contribution in [3.05, 3.63) is 70.2 Å². The molecule has 3 N–H and O–H groups in total. The van der Waals surface area contributed by atoms with Crippen LogP contribution >= 0.6 is 22.9 Å². The van der Waals surface area contributed by atoms with Crippen LogP contribution in [-0.4, -0.2) is 39.1 Å². The van der Waals surface area contributed by atoms with E-state index in [-0.39, 0.29) is 30.6 Å². The fourth-order valence-corrected chi connectivity index (χ4v) is 3.87. The Morgan fingerprint density at radius 2 is 2.09 bits per heavy atom. The van der Waals surface area contributed by atoms with Crippen molar-refractivity contribution in [2.24, 2.45) is 0 Å². The summed E-state index contributed by atoms with van der Waals surface area (Å²) < 4.78 is 19.0. The second-order valence-corrected chi connectivity index (χ2v) is 7.95. The van der Waals surface area contributed by atoms with Crippen molar-refractivity contribution in [1.29, 1.82) is 0 Å². The number of aromatic nitrogens is 3. The summed E-state index contributed by atoms with van der Waals surface area (Å²) in [6, 6.07) is 11.3. The molecule has 2 aromatic carbocycles. The Balaban J connectivity index is 1.49. The molecule has 0 radical (unpaired) electrons. The molecular formula is C21H17ClFN5O3S. The predicted octanol–water partition coefficient (Wildman–Crippen LogP) is 3.92. The number of thiazole rings is 1. The van der Waals surface area contributed by atoms with Crippen LogP contribution in [0.5, 0.6) is 5.75 Å². The van der Waals surface area contributed by atoms with Crippen LogP contribution in [0.1, 0.15) is 15.4 Å². The highest BCUT2D eigenvalue weighted by Crippen LogP contribution is 2.31. The van der Waals surface area contributed by atoms with Gasteiger partial charge in [0.15, 0.2) is 10.8 Å². The SMILES string of the molecule is O=C(NCCO)c1nc2c(Nc3ccc(OCc4cccc(F)c4)c(Cl)c3)ncnc2s1. The molecule has 0 bridgehead atoms. The molecule has 0 atom stereocenters. The van der Waals surface area contributed by atoms with Gasteiger partial charge in [0, 0.05) is 12.2 Å². The second-order valence-electron chi connectivity index (χ2n) is 6.56. The van der Waals surface area contributed by atoms with Gasteiger partial charge in [-0.3, -0.25) is 4.79 Å². The topological polar surface area (TPSA) is 109 Å². The zero-order valence-corrected chi connectivity index (χ0v) is 18.1. The summed E-state index contributed by atoms with van der Waals surface area (Å²) in [5, 5.41) is 15.1. The van der Waals surface area contributed by atoms with Crippen molar-refractivity contribution in [2.75, 3.05) is 18.5 Å². The van der Waals surface area contributed by atoms with Gasteiger partial charge in [0.2, 0.25) is 0 Å². The number of aliphatic hydroxyl groups is 1. The maximum Gasteiger partial charge on any atom is 0.280 e. The zero-order chi connectivity index (χ0) is 22.5. The Morgan fingerprint density at radius 1 is 1.22 bits per heavy atom. The lowest BCUT2D eigenvalue weighted by atomic mass is 10.2. The molecule has 0 saturated carbocycles. The lowest BCUT2D eigenvalue weighted by Crippen LogP contribution is -2.26. The highest BCUT2D eigenvalue weighted by molar-refractivity contribution is 7.19. The molecule has 0 fully saturated rings. The van der Waals surface area contributed by atoms with E-state index in [9.17, 15) is 9.18 Å². The molecule has 4 aromatic rings. The minimum Gasteiger partial charge on any atom is -0.487 e. The smallest absolute Gasteiger partial charge is 0.280 e. The zero-order valence-electron chi connectivity index (χ0n) is 16.5. The Morgan fingerprint density at radius 3 is 2.88 bits per heavy atom. The van der Waals surface area contributed by atoms with Gasteiger partial charge >= 0.3 is 0 Å². The van der Waals surface area contributed by atoms with Gasteiger partial charge in [-0.05, 0) is 35.9 Å². The molecule has 0 unspecified atom stereocenters. The number of hydrogen-bond acceptors (Lipinski definition) is 8. The Bertz CT molecular complexity index is 1270. The van der Waals surface area contributed by atoms with Crippen LogP contribution in [0.4, 0.5) is 15.9 Å². The van der Waals surface area contributed by atoms with E-state index in [2.05, 4.69) is 25.6 Å². The van der Waals surface area contributed by atoms with Crippen LogP contribution in [0.3, 0.4) is 0 Å². The van der Waals surface area contributed by atoms with Crippen molar-refractivity contribution >= 4 is 50.7 Å². The van der Waals surface area contributed by atoms with Crippen LogP contribution in [0.15, 0.2) is 48.8 Å². The molecular weight excluding hydrogens is 457 g/mol. The van der Waals surface area contributed by atoms with Crippen LogP contribution in [0, 0.1) is 5.82 Å². The van der Waals surface area contributed by atoms with Gasteiger partial charge in [0.1, 0.15) is 34.8 Å². The molecule has 0 saturated heterocycles. The third-order valence-corrected chi connectivity index (χ3v) is 5.52. The number of anilines is 2. The summed E-state index contributed by atoms with van der Waals surface area (Å²) in [6.07, 6.45) is 1.37. The Hall–Kier alpha value is -3.34. The lowest BCUT2D eigenvalue weighted by molar-refractivity contribution is 0.0944. The summed E-state index contributed by atoms with van der Waals surface area (Å²) in [7, 11) is 0. The fraction of sp³-hybridized carbons (Fsp3) is 0.143. The quantitative estimate of drug-likeness (QED) is 0.356. The largest absolute Gasteiger partial charge is 0.487 e. The molecule has 8 nitrogen and oxygen atoms in total. The number of nitrogens with zero attached hydrogens (tertiary/aromatic N) is 3.